The van der Waals surface area contributed by atoms with Crippen LogP contribution in [0.25, 0.3) is 16.3 Å². The van der Waals surface area contributed by atoms with Crippen LogP contribution in [0.4, 0.5) is 0 Å². The number of likely N-dealkylation sites (N-methyl/N-ethyl adjacent to an activating group) is 1. The molecule has 3 aromatic rings. The van der Waals surface area contributed by atoms with E-state index < -0.39 is 0 Å². The summed E-state index contributed by atoms with van der Waals surface area (Å²) in [6.45, 7) is 0.249. The van der Waals surface area contributed by atoms with Crippen LogP contribution in [-0.4, -0.2) is 27.8 Å². The Hall–Kier alpha value is -2.73. The Labute approximate surface area is 136 Å². The van der Waals surface area contributed by atoms with Crippen LogP contribution in [0.15, 0.2) is 52.6 Å². The number of hydrogen-bond acceptors (Lipinski definition) is 4. The van der Waals surface area contributed by atoms with Gasteiger partial charge in [-0.25, -0.2) is 4.98 Å². The Bertz CT molecular complexity index is 912. The number of aromatic nitrogens is 2. The van der Waals surface area contributed by atoms with Gasteiger partial charge in [0.2, 0.25) is 5.91 Å². The number of carbonyl (C=O) groups excluding carboxylic acids is 1. The molecule has 1 amide bonds. The number of aromatic amines is 1. The molecule has 1 N–H and O–H groups in total. The molecule has 0 aliphatic heterocycles. The lowest BCUT2D eigenvalue weighted by atomic mass is 10.2. The zero-order chi connectivity index (χ0) is 16.2. The van der Waals surface area contributed by atoms with Gasteiger partial charge >= 0.3 is 0 Å². The van der Waals surface area contributed by atoms with Crippen LogP contribution in [0, 0.1) is 0 Å². The minimum absolute atomic E-state index is 0.151. The molecule has 1 aromatic carbocycles. The summed E-state index contributed by atoms with van der Waals surface area (Å²) in [5, 5.41) is 1.83. The highest BCUT2D eigenvalue weighted by Crippen LogP contribution is 2.14. The molecule has 6 heteroatoms. The molecular weight excluding hydrogens is 310 g/mol. The topological polar surface area (TPSA) is 66.1 Å². The highest BCUT2D eigenvalue weighted by molar-refractivity contribution is 7.17. The van der Waals surface area contributed by atoms with E-state index in [4.69, 9.17) is 0 Å². The fourth-order valence-corrected chi connectivity index (χ4v) is 2.88. The molecule has 0 saturated heterocycles. The van der Waals surface area contributed by atoms with Crippen molar-refractivity contribution in [1.82, 2.24) is 14.9 Å². The molecule has 0 aliphatic rings. The van der Waals surface area contributed by atoms with Gasteiger partial charge in [-0.3, -0.25) is 9.59 Å². The maximum Gasteiger partial charge on any atom is 0.268 e. The average Bonchev–Trinajstić information content (AvgIpc) is 3.02. The first-order valence-electron chi connectivity index (χ1n) is 7.08. The Kier molecular flexibility index (Phi) is 4.34. The number of H-pyrrole nitrogens is 1. The van der Waals surface area contributed by atoms with E-state index in [1.165, 1.54) is 22.3 Å². The minimum Gasteiger partial charge on any atom is -0.335 e. The van der Waals surface area contributed by atoms with Crippen molar-refractivity contribution in [2.45, 2.75) is 6.54 Å². The number of nitrogens with one attached hydrogen (secondary N) is 1. The lowest BCUT2D eigenvalue weighted by Crippen LogP contribution is -2.26. The van der Waals surface area contributed by atoms with Crippen molar-refractivity contribution < 1.29 is 4.79 Å². The predicted molar refractivity (Wildman–Crippen MR) is 92.2 cm³/mol. The molecular formula is C17H15N3O2S. The van der Waals surface area contributed by atoms with Gasteiger partial charge in [0.25, 0.3) is 5.56 Å². The largest absolute Gasteiger partial charge is 0.335 e. The summed E-state index contributed by atoms with van der Waals surface area (Å²) in [6.07, 6.45) is 3.27. The smallest absolute Gasteiger partial charge is 0.268 e. The van der Waals surface area contributed by atoms with E-state index in [-0.39, 0.29) is 18.0 Å². The number of hydrogen-bond donors (Lipinski definition) is 1. The SMILES string of the molecule is CN(Cc1nc2ccsc2c(=O)[nH]1)C(=O)C=Cc1ccccc1. The second-order valence-electron chi connectivity index (χ2n) is 5.09. The molecule has 0 spiro atoms. The van der Waals surface area contributed by atoms with E-state index in [1.807, 2.05) is 35.7 Å². The molecule has 0 radical (unpaired) electrons. The van der Waals surface area contributed by atoms with E-state index in [2.05, 4.69) is 9.97 Å². The first-order chi connectivity index (χ1) is 11.1. The van der Waals surface area contributed by atoms with Gasteiger partial charge < -0.3 is 9.88 Å². The van der Waals surface area contributed by atoms with Crippen molar-refractivity contribution in [1.29, 1.82) is 0 Å². The van der Waals surface area contributed by atoms with E-state index in [0.717, 1.165) is 5.56 Å². The molecule has 0 aliphatic carbocycles. The third-order valence-corrected chi connectivity index (χ3v) is 4.25. The summed E-state index contributed by atoms with van der Waals surface area (Å²) in [5.74, 6) is 0.326. The van der Waals surface area contributed by atoms with E-state index in [0.29, 0.717) is 16.0 Å². The summed E-state index contributed by atoms with van der Waals surface area (Å²) < 4.78 is 0.603. The van der Waals surface area contributed by atoms with Gasteiger partial charge in [-0.05, 0) is 23.1 Å². The quantitative estimate of drug-likeness (QED) is 0.750. The van der Waals surface area contributed by atoms with Crippen molar-refractivity contribution in [3.05, 3.63) is 69.6 Å². The zero-order valence-electron chi connectivity index (χ0n) is 12.5. The summed E-state index contributed by atoms with van der Waals surface area (Å²) >= 11 is 1.36. The molecule has 0 unspecified atom stereocenters. The maximum atomic E-state index is 12.1. The summed E-state index contributed by atoms with van der Waals surface area (Å²) in [6, 6.07) is 11.4. The Morgan fingerprint density at radius 1 is 1.30 bits per heavy atom. The molecule has 2 aromatic heterocycles. The van der Waals surface area contributed by atoms with Crippen LogP contribution >= 0.6 is 11.3 Å². The summed E-state index contributed by atoms with van der Waals surface area (Å²) in [7, 11) is 1.68. The minimum atomic E-state index is -0.166. The van der Waals surface area contributed by atoms with Crippen molar-refractivity contribution in [2.24, 2.45) is 0 Å². The van der Waals surface area contributed by atoms with Crippen LogP contribution in [0.3, 0.4) is 0 Å². The van der Waals surface area contributed by atoms with Crippen LogP contribution < -0.4 is 5.56 Å². The van der Waals surface area contributed by atoms with Gasteiger partial charge in [-0.2, -0.15) is 0 Å². The standard InChI is InChI=1S/C17H15N3O2S/c1-20(15(21)8-7-12-5-3-2-4-6-12)11-14-18-13-9-10-23-16(13)17(22)19-14/h2-10H,11H2,1H3,(H,18,19,22). The van der Waals surface area contributed by atoms with Crippen LogP contribution in [0.2, 0.25) is 0 Å². The highest BCUT2D eigenvalue weighted by Gasteiger charge is 2.10. The van der Waals surface area contributed by atoms with E-state index in [1.54, 1.807) is 19.2 Å². The van der Waals surface area contributed by atoms with Gasteiger partial charge in [0.15, 0.2) is 0 Å². The van der Waals surface area contributed by atoms with Gasteiger partial charge in [0.1, 0.15) is 10.5 Å². The number of carbonyl (C=O) groups is 1. The van der Waals surface area contributed by atoms with Gasteiger partial charge in [0, 0.05) is 13.1 Å². The Morgan fingerprint density at radius 3 is 2.87 bits per heavy atom. The van der Waals surface area contributed by atoms with Gasteiger partial charge in [-0.15, -0.1) is 11.3 Å². The Balaban J connectivity index is 1.72. The third kappa shape index (κ3) is 3.54. The number of amides is 1. The first-order valence-corrected chi connectivity index (χ1v) is 7.96. The maximum absolute atomic E-state index is 12.1. The van der Waals surface area contributed by atoms with Crippen LogP contribution in [-0.2, 0) is 11.3 Å². The highest BCUT2D eigenvalue weighted by atomic mass is 32.1. The van der Waals surface area contributed by atoms with Crippen molar-refractivity contribution in [3.8, 4) is 0 Å². The summed E-state index contributed by atoms with van der Waals surface area (Å²) in [4.78, 5) is 32.7. The molecule has 5 nitrogen and oxygen atoms in total. The second-order valence-corrected chi connectivity index (χ2v) is 6.00. The molecule has 116 valence electrons. The Morgan fingerprint density at radius 2 is 2.09 bits per heavy atom. The van der Waals surface area contributed by atoms with E-state index in [9.17, 15) is 9.59 Å². The number of thiophene rings is 1. The third-order valence-electron chi connectivity index (χ3n) is 3.34. The fourth-order valence-electron chi connectivity index (χ4n) is 2.16. The lowest BCUT2D eigenvalue weighted by Gasteiger charge is -2.14. The zero-order valence-corrected chi connectivity index (χ0v) is 13.3. The fraction of sp³-hybridized carbons (Fsp3) is 0.118. The van der Waals surface area contributed by atoms with Gasteiger partial charge in [0.05, 0.1) is 12.1 Å². The number of rotatable bonds is 4. The van der Waals surface area contributed by atoms with Crippen molar-refractivity contribution in [2.75, 3.05) is 7.05 Å². The second kappa shape index (κ2) is 6.58. The van der Waals surface area contributed by atoms with Crippen molar-refractivity contribution in [3.63, 3.8) is 0 Å². The number of nitrogens with zero attached hydrogens (tertiary/aromatic N) is 2. The monoisotopic (exact) mass is 325 g/mol. The predicted octanol–water partition coefficient (Wildman–Crippen LogP) is 2.66. The molecule has 2 heterocycles. The van der Waals surface area contributed by atoms with E-state index >= 15 is 0 Å². The van der Waals surface area contributed by atoms with Gasteiger partial charge in [-0.1, -0.05) is 30.3 Å². The van der Waals surface area contributed by atoms with Crippen LogP contribution in [0.1, 0.15) is 11.4 Å². The molecule has 0 fully saturated rings. The molecule has 0 atom stereocenters. The summed E-state index contributed by atoms with van der Waals surface area (Å²) in [5.41, 5.74) is 1.45. The van der Waals surface area contributed by atoms with Crippen LogP contribution in [0.5, 0.6) is 0 Å². The first kappa shape index (κ1) is 15.2. The average molecular weight is 325 g/mol. The van der Waals surface area contributed by atoms with Crippen molar-refractivity contribution >= 4 is 33.5 Å². The normalized spacial score (nSPS) is 11.2. The lowest BCUT2D eigenvalue weighted by molar-refractivity contribution is -0.125. The molecule has 0 bridgehead atoms. The number of fused-ring (bicyclic) bond motifs is 1. The molecule has 3 rings (SSSR count). The molecule has 23 heavy (non-hydrogen) atoms. The number of benzene rings is 1. The molecule has 0 saturated carbocycles.